The highest BCUT2D eigenvalue weighted by Gasteiger charge is 2.13. The van der Waals surface area contributed by atoms with Crippen LogP contribution >= 0.6 is 0 Å². The van der Waals surface area contributed by atoms with Crippen LogP contribution in [0.2, 0.25) is 0 Å². The van der Waals surface area contributed by atoms with E-state index >= 15 is 0 Å². The Hall–Kier alpha value is -1.64. The molecule has 20 heavy (non-hydrogen) atoms. The molecule has 0 radical (unpaired) electrons. The van der Waals surface area contributed by atoms with Crippen molar-refractivity contribution in [3.8, 4) is 0 Å². The first-order valence-corrected chi connectivity index (χ1v) is 7.37. The second kappa shape index (κ2) is 7.22. The first-order valence-electron chi connectivity index (χ1n) is 7.37. The summed E-state index contributed by atoms with van der Waals surface area (Å²) in [4.78, 5) is 11.9. The highest BCUT2D eigenvalue weighted by atomic mass is 19.1. The Morgan fingerprint density at radius 2 is 1.90 bits per heavy atom. The average molecular weight is 275 g/mol. The molecule has 0 spiro atoms. The summed E-state index contributed by atoms with van der Waals surface area (Å²) < 4.78 is 12.8. The maximum absolute atomic E-state index is 12.8. The lowest BCUT2D eigenvalue weighted by molar-refractivity contribution is -0.116. The van der Waals surface area contributed by atoms with E-state index in [4.69, 9.17) is 0 Å². The van der Waals surface area contributed by atoms with E-state index in [2.05, 4.69) is 5.32 Å². The Bertz CT molecular complexity index is 472. The number of benzene rings is 1. The molecule has 1 aromatic carbocycles. The monoisotopic (exact) mass is 275 g/mol. The molecule has 0 heterocycles. The third-order valence-corrected chi connectivity index (χ3v) is 3.94. The lowest BCUT2D eigenvalue weighted by Gasteiger charge is -2.21. The lowest BCUT2D eigenvalue weighted by atomic mass is 9.89. The smallest absolute Gasteiger partial charge is 0.244 e. The van der Waals surface area contributed by atoms with Crippen molar-refractivity contribution in [2.24, 2.45) is 5.92 Å². The molecule has 2 nitrogen and oxygen atoms in total. The zero-order valence-corrected chi connectivity index (χ0v) is 12.0. The molecule has 0 atom stereocenters. The SMILES string of the molecule is C/C(=C/C(=O)NCC1CCCCC1)c1ccc(F)cc1. The topological polar surface area (TPSA) is 29.1 Å². The number of carbonyl (C=O) groups is 1. The van der Waals surface area contributed by atoms with Crippen LogP contribution in [-0.2, 0) is 4.79 Å². The minimum atomic E-state index is -0.261. The zero-order valence-electron chi connectivity index (χ0n) is 12.0. The standard InChI is InChI=1S/C17H22FNO/c1-13(15-7-9-16(18)10-8-15)11-17(20)19-12-14-5-3-2-4-6-14/h7-11,14H,2-6,12H2,1H3,(H,19,20)/b13-11-. The van der Waals surface area contributed by atoms with E-state index in [1.54, 1.807) is 18.2 Å². The highest BCUT2D eigenvalue weighted by molar-refractivity contribution is 5.94. The summed E-state index contributed by atoms with van der Waals surface area (Å²) >= 11 is 0. The fourth-order valence-electron chi connectivity index (χ4n) is 2.68. The molecule has 0 bridgehead atoms. The van der Waals surface area contributed by atoms with Crippen LogP contribution in [0.25, 0.3) is 5.57 Å². The fourth-order valence-corrected chi connectivity index (χ4v) is 2.68. The zero-order chi connectivity index (χ0) is 14.4. The normalized spacial score (nSPS) is 17.0. The van der Waals surface area contributed by atoms with Gasteiger partial charge in [0.1, 0.15) is 5.82 Å². The molecule has 0 aliphatic heterocycles. The van der Waals surface area contributed by atoms with Gasteiger partial charge in [0.15, 0.2) is 0 Å². The maximum atomic E-state index is 12.8. The van der Waals surface area contributed by atoms with E-state index in [0.717, 1.165) is 17.7 Å². The Labute approximate surface area is 120 Å². The van der Waals surface area contributed by atoms with Crippen LogP contribution in [0, 0.1) is 11.7 Å². The summed E-state index contributed by atoms with van der Waals surface area (Å²) in [7, 11) is 0. The molecule has 3 heteroatoms. The van der Waals surface area contributed by atoms with Gasteiger partial charge < -0.3 is 5.32 Å². The van der Waals surface area contributed by atoms with Crippen LogP contribution in [0.1, 0.15) is 44.6 Å². The van der Waals surface area contributed by atoms with Gasteiger partial charge in [0, 0.05) is 12.6 Å². The highest BCUT2D eigenvalue weighted by Crippen LogP contribution is 2.22. The van der Waals surface area contributed by atoms with Gasteiger partial charge in [-0.2, -0.15) is 0 Å². The van der Waals surface area contributed by atoms with Gasteiger partial charge >= 0.3 is 0 Å². The van der Waals surface area contributed by atoms with E-state index < -0.39 is 0 Å². The van der Waals surface area contributed by atoms with E-state index in [1.807, 2.05) is 6.92 Å². The van der Waals surface area contributed by atoms with Crippen LogP contribution in [-0.4, -0.2) is 12.5 Å². The molecule has 1 fully saturated rings. The maximum Gasteiger partial charge on any atom is 0.244 e. The van der Waals surface area contributed by atoms with Crippen molar-refractivity contribution in [2.75, 3.05) is 6.54 Å². The van der Waals surface area contributed by atoms with Crippen LogP contribution in [0.15, 0.2) is 30.3 Å². The third-order valence-electron chi connectivity index (χ3n) is 3.94. The third kappa shape index (κ3) is 4.48. The minimum absolute atomic E-state index is 0.0580. The van der Waals surface area contributed by atoms with Gasteiger partial charge in [-0.3, -0.25) is 4.79 Å². The molecular weight excluding hydrogens is 253 g/mol. The van der Waals surface area contributed by atoms with E-state index in [-0.39, 0.29) is 11.7 Å². The summed E-state index contributed by atoms with van der Waals surface area (Å²) in [5.74, 6) is 0.313. The number of nitrogens with one attached hydrogen (secondary N) is 1. The Balaban J connectivity index is 1.85. The van der Waals surface area contributed by atoms with Crippen LogP contribution in [0.3, 0.4) is 0 Å². The van der Waals surface area contributed by atoms with Gasteiger partial charge in [0.05, 0.1) is 0 Å². The van der Waals surface area contributed by atoms with Crippen molar-refractivity contribution in [3.63, 3.8) is 0 Å². The van der Waals surface area contributed by atoms with Gasteiger partial charge in [-0.1, -0.05) is 31.4 Å². The second-order valence-corrected chi connectivity index (χ2v) is 5.58. The first-order chi connectivity index (χ1) is 9.65. The van der Waals surface area contributed by atoms with Crippen LogP contribution in [0.5, 0.6) is 0 Å². The van der Waals surface area contributed by atoms with E-state index in [0.29, 0.717) is 5.92 Å². The van der Waals surface area contributed by atoms with Gasteiger partial charge in [0.25, 0.3) is 0 Å². The van der Waals surface area contributed by atoms with Crippen molar-refractivity contribution in [3.05, 3.63) is 41.7 Å². The Kier molecular flexibility index (Phi) is 5.33. The number of hydrogen-bond donors (Lipinski definition) is 1. The molecule has 1 saturated carbocycles. The van der Waals surface area contributed by atoms with E-state index in [1.165, 1.54) is 44.2 Å². The Morgan fingerprint density at radius 1 is 1.25 bits per heavy atom. The second-order valence-electron chi connectivity index (χ2n) is 5.58. The Morgan fingerprint density at radius 3 is 2.55 bits per heavy atom. The van der Waals surface area contributed by atoms with Gasteiger partial charge in [-0.05, 0) is 49.0 Å². The predicted octanol–water partition coefficient (Wildman–Crippen LogP) is 3.93. The molecule has 1 aliphatic carbocycles. The molecule has 1 amide bonds. The number of halogens is 1. The summed E-state index contributed by atoms with van der Waals surface area (Å²) in [5.41, 5.74) is 1.73. The molecule has 108 valence electrons. The van der Waals surface area contributed by atoms with Gasteiger partial charge in [-0.25, -0.2) is 4.39 Å². The van der Waals surface area contributed by atoms with Crippen LogP contribution < -0.4 is 5.32 Å². The summed E-state index contributed by atoms with van der Waals surface area (Å²) in [5, 5.41) is 2.98. The van der Waals surface area contributed by atoms with E-state index in [9.17, 15) is 9.18 Å². The number of amides is 1. The first kappa shape index (κ1) is 14.8. The summed E-state index contributed by atoms with van der Waals surface area (Å²) in [6.07, 6.45) is 7.93. The molecular formula is C17H22FNO. The van der Waals surface area contributed by atoms with Crippen molar-refractivity contribution >= 4 is 11.5 Å². The van der Waals surface area contributed by atoms with Crippen molar-refractivity contribution < 1.29 is 9.18 Å². The largest absolute Gasteiger partial charge is 0.352 e. The lowest BCUT2D eigenvalue weighted by Crippen LogP contribution is -2.29. The number of rotatable bonds is 4. The fraction of sp³-hybridized carbons (Fsp3) is 0.471. The minimum Gasteiger partial charge on any atom is -0.352 e. The molecule has 0 saturated heterocycles. The molecule has 2 rings (SSSR count). The van der Waals surface area contributed by atoms with Crippen molar-refractivity contribution in [1.29, 1.82) is 0 Å². The average Bonchev–Trinajstić information content (AvgIpc) is 2.47. The number of hydrogen-bond acceptors (Lipinski definition) is 1. The van der Waals surface area contributed by atoms with Gasteiger partial charge in [0.2, 0.25) is 5.91 Å². The molecule has 1 N–H and O–H groups in total. The molecule has 0 aromatic heterocycles. The van der Waals surface area contributed by atoms with Crippen molar-refractivity contribution in [1.82, 2.24) is 5.32 Å². The molecule has 1 aliphatic rings. The predicted molar refractivity (Wildman–Crippen MR) is 79.6 cm³/mol. The molecule has 0 unspecified atom stereocenters. The molecule has 1 aromatic rings. The summed E-state index contributed by atoms with van der Waals surface area (Å²) in [6, 6.07) is 6.20. The van der Waals surface area contributed by atoms with Crippen molar-refractivity contribution in [2.45, 2.75) is 39.0 Å². The van der Waals surface area contributed by atoms with Crippen LogP contribution in [0.4, 0.5) is 4.39 Å². The summed E-state index contributed by atoms with van der Waals surface area (Å²) in [6.45, 7) is 2.64. The number of allylic oxidation sites excluding steroid dienone is 1. The number of carbonyl (C=O) groups excluding carboxylic acids is 1. The quantitative estimate of drug-likeness (QED) is 0.829. The van der Waals surface area contributed by atoms with Gasteiger partial charge in [-0.15, -0.1) is 0 Å².